The Labute approximate surface area is 117 Å². The summed E-state index contributed by atoms with van der Waals surface area (Å²) in [6.45, 7) is 2.07. The van der Waals surface area contributed by atoms with E-state index < -0.39 is 12.1 Å². The SMILES string of the molecule is Cc1ccccc1C(O)CNC(=O)Nc1ccccn1. The van der Waals surface area contributed by atoms with Gasteiger partial charge in [0.1, 0.15) is 5.82 Å². The molecule has 0 saturated carbocycles. The van der Waals surface area contributed by atoms with Crippen molar-refractivity contribution in [3.05, 3.63) is 59.8 Å². The summed E-state index contributed by atoms with van der Waals surface area (Å²) < 4.78 is 0. The van der Waals surface area contributed by atoms with E-state index in [0.717, 1.165) is 11.1 Å². The number of aliphatic hydroxyl groups is 1. The molecular formula is C15H17N3O2. The van der Waals surface area contributed by atoms with Gasteiger partial charge in [-0.3, -0.25) is 5.32 Å². The van der Waals surface area contributed by atoms with E-state index in [4.69, 9.17) is 0 Å². The molecular weight excluding hydrogens is 254 g/mol. The highest BCUT2D eigenvalue weighted by Gasteiger charge is 2.11. The van der Waals surface area contributed by atoms with Crippen molar-refractivity contribution in [3.8, 4) is 0 Å². The van der Waals surface area contributed by atoms with Crippen LogP contribution in [0.2, 0.25) is 0 Å². The van der Waals surface area contributed by atoms with Crippen LogP contribution in [0.3, 0.4) is 0 Å². The summed E-state index contributed by atoms with van der Waals surface area (Å²) in [6, 6.07) is 12.4. The molecule has 0 aliphatic carbocycles. The number of amides is 2. The molecule has 2 amide bonds. The molecule has 104 valence electrons. The lowest BCUT2D eigenvalue weighted by molar-refractivity contribution is 0.174. The number of carbonyl (C=O) groups excluding carboxylic acids is 1. The number of aliphatic hydroxyl groups excluding tert-OH is 1. The second-order valence-corrected chi connectivity index (χ2v) is 4.42. The maximum Gasteiger partial charge on any atom is 0.320 e. The molecule has 0 radical (unpaired) electrons. The van der Waals surface area contributed by atoms with Crippen LogP contribution in [0.15, 0.2) is 48.7 Å². The monoisotopic (exact) mass is 271 g/mol. The Bertz CT molecular complexity index is 572. The zero-order valence-electron chi connectivity index (χ0n) is 11.2. The van der Waals surface area contributed by atoms with Gasteiger partial charge in [-0.15, -0.1) is 0 Å². The lowest BCUT2D eigenvalue weighted by Gasteiger charge is -2.14. The number of aryl methyl sites for hydroxylation is 1. The molecule has 0 fully saturated rings. The summed E-state index contributed by atoms with van der Waals surface area (Å²) in [5.74, 6) is 0.468. The first-order valence-corrected chi connectivity index (χ1v) is 6.36. The van der Waals surface area contributed by atoms with Crippen LogP contribution >= 0.6 is 0 Å². The van der Waals surface area contributed by atoms with Gasteiger partial charge in [-0.2, -0.15) is 0 Å². The highest BCUT2D eigenvalue weighted by molar-refractivity contribution is 5.88. The van der Waals surface area contributed by atoms with E-state index in [1.54, 1.807) is 24.4 Å². The van der Waals surface area contributed by atoms with E-state index in [1.165, 1.54) is 0 Å². The molecule has 3 N–H and O–H groups in total. The Morgan fingerprint density at radius 3 is 2.70 bits per heavy atom. The molecule has 0 spiro atoms. The first kappa shape index (κ1) is 14.0. The lowest BCUT2D eigenvalue weighted by Crippen LogP contribution is -2.32. The lowest BCUT2D eigenvalue weighted by atomic mass is 10.0. The van der Waals surface area contributed by atoms with Crippen LogP contribution in [0.4, 0.5) is 10.6 Å². The van der Waals surface area contributed by atoms with Gasteiger partial charge < -0.3 is 10.4 Å². The minimum absolute atomic E-state index is 0.142. The number of benzene rings is 1. The van der Waals surface area contributed by atoms with Crippen molar-refractivity contribution in [1.29, 1.82) is 0 Å². The molecule has 1 unspecified atom stereocenters. The summed E-state index contributed by atoms with van der Waals surface area (Å²) in [4.78, 5) is 15.6. The number of hydrogen-bond acceptors (Lipinski definition) is 3. The van der Waals surface area contributed by atoms with Crippen LogP contribution < -0.4 is 10.6 Å². The highest BCUT2D eigenvalue weighted by Crippen LogP contribution is 2.16. The van der Waals surface area contributed by atoms with Gasteiger partial charge in [0, 0.05) is 12.7 Å². The second kappa shape index (κ2) is 6.68. The molecule has 5 heteroatoms. The van der Waals surface area contributed by atoms with E-state index in [0.29, 0.717) is 5.82 Å². The third-order valence-corrected chi connectivity index (χ3v) is 2.91. The number of urea groups is 1. The summed E-state index contributed by atoms with van der Waals surface area (Å²) in [6.07, 6.45) is 0.864. The molecule has 20 heavy (non-hydrogen) atoms. The van der Waals surface area contributed by atoms with Gasteiger partial charge >= 0.3 is 6.03 Å². The third kappa shape index (κ3) is 3.80. The highest BCUT2D eigenvalue weighted by atomic mass is 16.3. The summed E-state index contributed by atoms with van der Waals surface area (Å²) >= 11 is 0. The number of aromatic nitrogens is 1. The van der Waals surface area contributed by atoms with Gasteiger partial charge in [-0.05, 0) is 30.2 Å². The van der Waals surface area contributed by atoms with E-state index in [9.17, 15) is 9.90 Å². The summed E-state index contributed by atoms with van der Waals surface area (Å²) in [7, 11) is 0. The number of hydrogen-bond donors (Lipinski definition) is 3. The predicted molar refractivity (Wildman–Crippen MR) is 77.4 cm³/mol. The van der Waals surface area contributed by atoms with E-state index in [2.05, 4.69) is 15.6 Å². The van der Waals surface area contributed by atoms with Gasteiger partial charge in [0.05, 0.1) is 6.10 Å². The average Bonchev–Trinajstić information content (AvgIpc) is 2.46. The van der Waals surface area contributed by atoms with E-state index in [-0.39, 0.29) is 6.54 Å². The Balaban J connectivity index is 1.86. The number of nitrogens with zero attached hydrogens (tertiary/aromatic N) is 1. The predicted octanol–water partition coefficient (Wildman–Crippen LogP) is 2.25. The van der Waals surface area contributed by atoms with Gasteiger partial charge in [-0.25, -0.2) is 9.78 Å². The molecule has 1 aromatic carbocycles. The molecule has 1 aromatic heterocycles. The largest absolute Gasteiger partial charge is 0.387 e. The molecule has 5 nitrogen and oxygen atoms in total. The minimum atomic E-state index is -0.731. The van der Waals surface area contributed by atoms with Crippen molar-refractivity contribution in [1.82, 2.24) is 10.3 Å². The molecule has 0 aliphatic rings. The maximum atomic E-state index is 11.7. The van der Waals surface area contributed by atoms with Crippen LogP contribution in [0, 0.1) is 6.92 Å². The van der Waals surface area contributed by atoms with Crippen LogP contribution in [0.1, 0.15) is 17.2 Å². The number of rotatable bonds is 4. The Kier molecular flexibility index (Phi) is 4.68. The first-order valence-electron chi connectivity index (χ1n) is 6.36. The zero-order valence-corrected chi connectivity index (χ0v) is 11.2. The maximum absolute atomic E-state index is 11.7. The number of nitrogens with one attached hydrogen (secondary N) is 2. The standard InChI is InChI=1S/C15H17N3O2/c1-11-6-2-3-7-12(11)13(19)10-17-15(20)18-14-8-4-5-9-16-14/h2-9,13,19H,10H2,1H3,(H2,16,17,18,20). The van der Waals surface area contributed by atoms with Crippen LogP contribution in [-0.4, -0.2) is 22.7 Å². The van der Waals surface area contributed by atoms with Crippen molar-refractivity contribution < 1.29 is 9.90 Å². The van der Waals surface area contributed by atoms with Crippen LogP contribution in [0.25, 0.3) is 0 Å². The smallest absolute Gasteiger partial charge is 0.320 e. The molecule has 0 bridgehead atoms. The van der Waals surface area contributed by atoms with Crippen LogP contribution in [-0.2, 0) is 0 Å². The second-order valence-electron chi connectivity index (χ2n) is 4.42. The molecule has 0 aliphatic heterocycles. The normalized spacial score (nSPS) is 11.7. The molecule has 1 heterocycles. The molecule has 0 saturated heterocycles. The van der Waals surface area contributed by atoms with Crippen molar-refractivity contribution in [2.24, 2.45) is 0 Å². The number of pyridine rings is 1. The molecule has 2 rings (SSSR count). The molecule has 1 atom stereocenters. The van der Waals surface area contributed by atoms with Crippen molar-refractivity contribution in [2.45, 2.75) is 13.0 Å². The van der Waals surface area contributed by atoms with Gasteiger partial charge in [0.2, 0.25) is 0 Å². The Morgan fingerprint density at radius 1 is 1.25 bits per heavy atom. The fourth-order valence-electron chi connectivity index (χ4n) is 1.86. The van der Waals surface area contributed by atoms with Gasteiger partial charge in [0.15, 0.2) is 0 Å². The van der Waals surface area contributed by atoms with Gasteiger partial charge in [0.25, 0.3) is 0 Å². The third-order valence-electron chi connectivity index (χ3n) is 2.91. The zero-order chi connectivity index (χ0) is 14.4. The number of anilines is 1. The average molecular weight is 271 g/mol. The number of carbonyl (C=O) groups is 1. The topological polar surface area (TPSA) is 74.2 Å². The van der Waals surface area contributed by atoms with E-state index >= 15 is 0 Å². The fourth-order valence-corrected chi connectivity index (χ4v) is 1.86. The van der Waals surface area contributed by atoms with Crippen molar-refractivity contribution in [2.75, 3.05) is 11.9 Å². The van der Waals surface area contributed by atoms with Crippen molar-refractivity contribution in [3.63, 3.8) is 0 Å². The minimum Gasteiger partial charge on any atom is -0.387 e. The van der Waals surface area contributed by atoms with E-state index in [1.807, 2.05) is 31.2 Å². The molecule has 2 aromatic rings. The summed E-state index contributed by atoms with van der Waals surface area (Å²) in [5.41, 5.74) is 1.80. The summed E-state index contributed by atoms with van der Waals surface area (Å²) in [5, 5.41) is 15.3. The van der Waals surface area contributed by atoms with Crippen LogP contribution in [0.5, 0.6) is 0 Å². The van der Waals surface area contributed by atoms with Crippen molar-refractivity contribution >= 4 is 11.8 Å². The Hall–Kier alpha value is -2.40. The first-order chi connectivity index (χ1) is 9.66. The van der Waals surface area contributed by atoms with Gasteiger partial charge in [-0.1, -0.05) is 30.3 Å². The quantitative estimate of drug-likeness (QED) is 0.798. The fraction of sp³-hybridized carbons (Fsp3) is 0.200. The Morgan fingerprint density at radius 2 is 2.00 bits per heavy atom.